The van der Waals surface area contributed by atoms with Crippen molar-refractivity contribution in [1.82, 2.24) is 19.3 Å². The molecule has 2 aromatic heterocycles. The summed E-state index contributed by atoms with van der Waals surface area (Å²) < 4.78 is 27.7. The maximum Gasteiger partial charge on any atom is 0.208 e. The largest absolute Gasteiger partial charge is 0.493 e. The summed E-state index contributed by atoms with van der Waals surface area (Å²) in [6.45, 7) is 2.40. The van der Waals surface area contributed by atoms with Crippen LogP contribution in [0.3, 0.4) is 0 Å². The lowest BCUT2D eigenvalue weighted by atomic mass is 10.0. The number of imidazole rings is 1. The second kappa shape index (κ2) is 9.07. The number of rotatable bonds is 8. The van der Waals surface area contributed by atoms with Gasteiger partial charge < -0.3 is 19.7 Å². The van der Waals surface area contributed by atoms with Crippen LogP contribution in [0.1, 0.15) is 11.1 Å². The summed E-state index contributed by atoms with van der Waals surface area (Å²) in [6, 6.07) is 11.1. The van der Waals surface area contributed by atoms with Gasteiger partial charge in [0, 0.05) is 54.8 Å². The van der Waals surface area contributed by atoms with E-state index >= 15 is 0 Å². The van der Waals surface area contributed by atoms with Crippen molar-refractivity contribution in [2.45, 2.75) is 13.0 Å². The molecule has 0 unspecified atom stereocenters. The van der Waals surface area contributed by atoms with Crippen LogP contribution in [0.2, 0.25) is 0 Å². The Morgan fingerprint density at radius 3 is 2.82 bits per heavy atom. The molecule has 0 saturated carbocycles. The molecule has 0 aliphatic carbocycles. The predicted octanol–water partition coefficient (Wildman–Crippen LogP) is 4.02. The van der Waals surface area contributed by atoms with E-state index in [1.165, 1.54) is 6.07 Å². The molecule has 170 valence electrons. The average Bonchev–Trinajstić information content (AvgIpc) is 3.49. The van der Waals surface area contributed by atoms with Crippen molar-refractivity contribution in [3.05, 3.63) is 71.9 Å². The van der Waals surface area contributed by atoms with Gasteiger partial charge in [0.1, 0.15) is 29.6 Å². The molecule has 0 amide bonds. The summed E-state index contributed by atoms with van der Waals surface area (Å²) in [5.74, 6) is 1.95. The number of hydrogen-bond donors (Lipinski definition) is 1. The number of anilines is 1. The minimum Gasteiger partial charge on any atom is -0.493 e. The van der Waals surface area contributed by atoms with Crippen molar-refractivity contribution in [3.8, 4) is 22.6 Å². The van der Waals surface area contributed by atoms with E-state index in [2.05, 4.69) is 20.2 Å². The topological polar surface area (TPSA) is 63.9 Å². The van der Waals surface area contributed by atoms with Gasteiger partial charge in [-0.15, -0.1) is 0 Å². The monoisotopic (exact) mass is 447 g/mol. The fraction of sp³-hybridized carbons (Fsp3) is 0.280. The molecule has 0 bridgehead atoms. The van der Waals surface area contributed by atoms with Crippen LogP contribution >= 0.6 is 0 Å². The first-order valence-corrected chi connectivity index (χ1v) is 11.0. The summed E-state index contributed by atoms with van der Waals surface area (Å²) in [6.07, 6.45) is 6.09. The van der Waals surface area contributed by atoms with Gasteiger partial charge in [0.15, 0.2) is 0 Å². The highest BCUT2D eigenvalue weighted by Crippen LogP contribution is 2.31. The van der Waals surface area contributed by atoms with Gasteiger partial charge in [-0.3, -0.25) is 4.40 Å². The number of ether oxygens (including phenoxy) is 2. The molecule has 1 aliphatic rings. The number of nitrogens with zero attached hydrogens (tertiary/aromatic N) is 4. The van der Waals surface area contributed by atoms with Crippen LogP contribution < -0.4 is 14.8 Å². The van der Waals surface area contributed by atoms with Crippen molar-refractivity contribution in [2.75, 3.05) is 39.2 Å². The molecule has 0 saturated heterocycles. The Bertz CT molecular complexity index is 1270. The second-order valence-corrected chi connectivity index (χ2v) is 8.25. The lowest BCUT2D eigenvalue weighted by Gasteiger charge is -2.13. The van der Waals surface area contributed by atoms with E-state index in [1.807, 2.05) is 49.0 Å². The highest BCUT2D eigenvalue weighted by Gasteiger charge is 2.20. The quantitative estimate of drug-likeness (QED) is 0.440. The third kappa shape index (κ3) is 4.34. The van der Waals surface area contributed by atoms with Crippen LogP contribution in [0, 0.1) is 5.82 Å². The SMILES string of the molecule is CN(C)CCOc1ccc(-c2cnc(NCc3c(F)ccc4c3CCO4)n3ccnc23)cc1. The van der Waals surface area contributed by atoms with Gasteiger partial charge in [-0.1, -0.05) is 12.1 Å². The lowest BCUT2D eigenvalue weighted by Crippen LogP contribution is -2.19. The van der Waals surface area contributed by atoms with Crippen LogP contribution in [-0.4, -0.2) is 53.1 Å². The number of aromatic nitrogens is 3. The Morgan fingerprint density at radius 2 is 2.00 bits per heavy atom. The Morgan fingerprint density at radius 1 is 1.15 bits per heavy atom. The fourth-order valence-electron chi connectivity index (χ4n) is 4.00. The van der Waals surface area contributed by atoms with Gasteiger partial charge in [0.25, 0.3) is 0 Å². The third-order valence-corrected chi connectivity index (χ3v) is 5.76. The fourth-order valence-corrected chi connectivity index (χ4v) is 4.00. The molecule has 0 spiro atoms. The number of likely N-dealkylation sites (N-methyl/N-ethyl adjacent to an activating group) is 1. The van der Waals surface area contributed by atoms with E-state index in [4.69, 9.17) is 9.47 Å². The summed E-state index contributed by atoms with van der Waals surface area (Å²) in [5.41, 5.74) is 4.22. The van der Waals surface area contributed by atoms with Crippen molar-refractivity contribution < 1.29 is 13.9 Å². The second-order valence-electron chi connectivity index (χ2n) is 8.25. The van der Waals surface area contributed by atoms with E-state index < -0.39 is 0 Å². The molecule has 4 aromatic rings. The van der Waals surface area contributed by atoms with Gasteiger partial charge in [-0.2, -0.15) is 0 Å². The Hall–Kier alpha value is -3.65. The van der Waals surface area contributed by atoms with Crippen LogP contribution in [0.15, 0.2) is 55.0 Å². The van der Waals surface area contributed by atoms with E-state index in [0.717, 1.165) is 40.4 Å². The molecule has 5 rings (SSSR count). The number of hydrogen-bond acceptors (Lipinski definition) is 6. The molecule has 1 aliphatic heterocycles. The molecule has 1 N–H and O–H groups in total. The van der Waals surface area contributed by atoms with Gasteiger partial charge in [0.2, 0.25) is 5.95 Å². The van der Waals surface area contributed by atoms with Crippen LogP contribution in [0.5, 0.6) is 11.5 Å². The molecule has 33 heavy (non-hydrogen) atoms. The highest BCUT2D eigenvalue weighted by molar-refractivity contribution is 5.78. The van der Waals surface area contributed by atoms with Crippen molar-refractivity contribution in [2.24, 2.45) is 0 Å². The van der Waals surface area contributed by atoms with Crippen molar-refractivity contribution in [3.63, 3.8) is 0 Å². The summed E-state index contributed by atoms with van der Waals surface area (Å²) >= 11 is 0. The van der Waals surface area contributed by atoms with Crippen molar-refractivity contribution in [1.29, 1.82) is 0 Å². The van der Waals surface area contributed by atoms with Crippen molar-refractivity contribution >= 4 is 11.6 Å². The number of halogens is 1. The van der Waals surface area contributed by atoms with Gasteiger partial charge >= 0.3 is 0 Å². The predicted molar refractivity (Wildman–Crippen MR) is 125 cm³/mol. The van der Waals surface area contributed by atoms with E-state index in [9.17, 15) is 4.39 Å². The van der Waals surface area contributed by atoms with Gasteiger partial charge in [-0.25, -0.2) is 14.4 Å². The zero-order valence-electron chi connectivity index (χ0n) is 18.7. The minimum atomic E-state index is -0.238. The highest BCUT2D eigenvalue weighted by atomic mass is 19.1. The number of nitrogens with one attached hydrogen (secondary N) is 1. The molecule has 8 heteroatoms. The smallest absolute Gasteiger partial charge is 0.208 e. The van der Waals surface area contributed by atoms with E-state index in [-0.39, 0.29) is 5.82 Å². The summed E-state index contributed by atoms with van der Waals surface area (Å²) in [5, 5.41) is 3.27. The molecule has 0 radical (unpaired) electrons. The molecule has 2 aromatic carbocycles. The minimum absolute atomic E-state index is 0.238. The first kappa shape index (κ1) is 21.2. The summed E-state index contributed by atoms with van der Waals surface area (Å²) in [4.78, 5) is 11.2. The Balaban J connectivity index is 1.36. The molecule has 3 heterocycles. The average molecular weight is 448 g/mol. The van der Waals surface area contributed by atoms with Gasteiger partial charge in [-0.05, 0) is 43.9 Å². The molecular formula is C25H26FN5O2. The molecule has 0 atom stereocenters. The maximum absolute atomic E-state index is 14.5. The zero-order chi connectivity index (χ0) is 22.8. The van der Waals surface area contributed by atoms with E-state index in [0.29, 0.717) is 37.7 Å². The lowest BCUT2D eigenvalue weighted by molar-refractivity contribution is 0.261. The van der Waals surface area contributed by atoms with Gasteiger partial charge in [0.05, 0.1) is 6.61 Å². The first-order valence-electron chi connectivity index (χ1n) is 11.0. The molecule has 0 fully saturated rings. The standard InChI is InChI=1S/C25H26FN5O2/c1-30(2)12-14-32-18-5-3-17(4-6-18)20-15-28-25(31-11-10-27-24(20)31)29-16-21-19-9-13-33-23(19)8-7-22(21)26/h3-8,10-11,15H,9,12-14,16H2,1-2H3,(H,28,29). The number of fused-ring (bicyclic) bond motifs is 2. The Kier molecular flexibility index (Phi) is 5.83. The van der Waals surface area contributed by atoms with Crippen LogP contribution in [-0.2, 0) is 13.0 Å². The normalized spacial score (nSPS) is 12.7. The van der Waals surface area contributed by atoms with Crippen LogP contribution in [0.25, 0.3) is 16.8 Å². The molecular weight excluding hydrogens is 421 g/mol. The molecule has 7 nitrogen and oxygen atoms in total. The third-order valence-electron chi connectivity index (χ3n) is 5.76. The van der Waals surface area contributed by atoms with Crippen LogP contribution in [0.4, 0.5) is 10.3 Å². The summed E-state index contributed by atoms with van der Waals surface area (Å²) in [7, 11) is 4.04. The number of benzene rings is 2. The first-order chi connectivity index (χ1) is 16.1. The Labute approximate surface area is 191 Å². The maximum atomic E-state index is 14.5. The van der Waals surface area contributed by atoms with E-state index in [1.54, 1.807) is 18.5 Å². The zero-order valence-corrected chi connectivity index (χ0v) is 18.7.